The summed E-state index contributed by atoms with van der Waals surface area (Å²) in [5.74, 6) is 0. The van der Waals surface area contributed by atoms with Gasteiger partial charge in [-0.2, -0.15) is 8.99 Å². The second kappa shape index (κ2) is 8.40. The van der Waals surface area contributed by atoms with Crippen molar-refractivity contribution in [3.05, 3.63) is 46.9 Å². The Bertz CT molecular complexity index is 899. The summed E-state index contributed by atoms with van der Waals surface area (Å²) in [5.41, 5.74) is 0. The summed E-state index contributed by atoms with van der Waals surface area (Å²) in [4.78, 5) is 1.62. The molecule has 1 aliphatic heterocycles. The van der Waals surface area contributed by atoms with Crippen LogP contribution in [0.2, 0.25) is 0 Å². The molecule has 1 saturated heterocycles. The van der Waals surface area contributed by atoms with Gasteiger partial charge in [0.2, 0.25) is 15.2 Å². The third-order valence-electron chi connectivity index (χ3n) is 4.19. The zero-order valence-electron chi connectivity index (χ0n) is 14.3. The van der Waals surface area contributed by atoms with Gasteiger partial charge in [0.05, 0.1) is 31.1 Å². The molecule has 7 nitrogen and oxygen atoms in total. The third kappa shape index (κ3) is 4.38. The van der Waals surface area contributed by atoms with E-state index < -0.39 is 10.0 Å². The number of nitrogens with one attached hydrogen (secondary N) is 2. The molecule has 0 atom stereocenters. The van der Waals surface area contributed by atoms with E-state index in [9.17, 15) is 8.42 Å². The van der Waals surface area contributed by atoms with Crippen molar-refractivity contribution < 1.29 is 13.3 Å². The molecule has 0 amide bonds. The fraction of sp³-hybridized carbons (Fsp3) is 0.375. The van der Waals surface area contributed by atoms with Crippen molar-refractivity contribution in [3.63, 3.8) is 0 Å². The number of sulfonamides is 1. The number of aromatic nitrogens is 2. The van der Waals surface area contributed by atoms with Crippen molar-refractivity contribution in [2.75, 3.05) is 38.0 Å². The lowest BCUT2D eigenvalue weighted by molar-refractivity contribution is -0.926. The van der Waals surface area contributed by atoms with E-state index in [1.165, 1.54) is 16.2 Å². The molecule has 0 saturated carbocycles. The highest BCUT2D eigenvalue weighted by Gasteiger charge is 2.30. The van der Waals surface area contributed by atoms with Gasteiger partial charge < -0.3 is 10.2 Å². The van der Waals surface area contributed by atoms with E-state index in [2.05, 4.69) is 17.0 Å². The first-order valence-electron chi connectivity index (χ1n) is 8.32. The molecule has 0 spiro atoms. The van der Waals surface area contributed by atoms with Gasteiger partial charge in [-0.15, -0.1) is 11.7 Å². The van der Waals surface area contributed by atoms with Gasteiger partial charge in [0.1, 0.15) is 0 Å². The molecule has 0 bridgehead atoms. The van der Waals surface area contributed by atoms with Crippen LogP contribution in [0.5, 0.6) is 0 Å². The molecule has 26 heavy (non-hydrogen) atoms. The lowest BCUT2D eigenvalue weighted by atomic mass is 10.4. The van der Waals surface area contributed by atoms with Crippen LogP contribution in [0.4, 0.5) is 5.13 Å². The van der Waals surface area contributed by atoms with Crippen LogP contribution < -0.4 is 10.2 Å². The summed E-state index contributed by atoms with van der Waals surface area (Å²) in [6, 6.07) is 8.59. The Hall–Kier alpha value is -1.59. The number of quaternary nitrogens is 1. The number of anilines is 1. The minimum Gasteiger partial charge on any atom is -0.357 e. The molecular formula is C16H22N5O2S3+. The Morgan fingerprint density at radius 3 is 2.65 bits per heavy atom. The van der Waals surface area contributed by atoms with E-state index in [1.807, 2.05) is 10.7 Å². The zero-order chi connectivity index (χ0) is 18.6. The van der Waals surface area contributed by atoms with Crippen LogP contribution in [0.25, 0.3) is 0 Å². The second-order valence-corrected chi connectivity index (χ2v) is 9.53. The SMILES string of the molecule is C=CCNc1nn(C[NH+]2CCN(S(=O)(=O)c3ccccc3)CC2)c(=S)s1. The molecule has 1 fully saturated rings. The molecule has 10 heteroatoms. The van der Waals surface area contributed by atoms with Crippen molar-refractivity contribution in [1.82, 2.24) is 14.1 Å². The largest absolute Gasteiger partial charge is 0.357 e. The zero-order valence-corrected chi connectivity index (χ0v) is 16.7. The van der Waals surface area contributed by atoms with Crippen molar-refractivity contribution in [2.45, 2.75) is 11.6 Å². The normalized spacial score (nSPS) is 16.5. The first-order valence-corrected chi connectivity index (χ1v) is 11.0. The summed E-state index contributed by atoms with van der Waals surface area (Å²) in [7, 11) is -3.41. The Kier molecular flexibility index (Phi) is 6.20. The maximum absolute atomic E-state index is 12.7. The number of benzene rings is 1. The molecule has 1 aliphatic rings. The van der Waals surface area contributed by atoms with Crippen LogP contribution in [0.1, 0.15) is 0 Å². The van der Waals surface area contributed by atoms with E-state index in [4.69, 9.17) is 12.2 Å². The molecule has 0 aliphatic carbocycles. The van der Waals surface area contributed by atoms with Crippen LogP contribution in [-0.2, 0) is 16.7 Å². The highest BCUT2D eigenvalue weighted by atomic mass is 32.2. The average Bonchev–Trinajstić information content (AvgIpc) is 3.00. The molecule has 2 N–H and O–H groups in total. The number of hydrogen-bond donors (Lipinski definition) is 2. The van der Waals surface area contributed by atoms with Gasteiger partial charge in [0.15, 0.2) is 10.6 Å². The van der Waals surface area contributed by atoms with Gasteiger partial charge in [0, 0.05) is 6.54 Å². The lowest BCUT2D eigenvalue weighted by Crippen LogP contribution is -3.14. The highest BCUT2D eigenvalue weighted by Crippen LogP contribution is 2.15. The Morgan fingerprint density at radius 2 is 2.00 bits per heavy atom. The molecule has 1 aromatic carbocycles. The van der Waals surface area contributed by atoms with Gasteiger partial charge in [-0.25, -0.2) is 8.42 Å². The van der Waals surface area contributed by atoms with E-state index >= 15 is 0 Å². The summed E-state index contributed by atoms with van der Waals surface area (Å²) >= 11 is 6.80. The van der Waals surface area contributed by atoms with Crippen molar-refractivity contribution in [2.24, 2.45) is 0 Å². The maximum Gasteiger partial charge on any atom is 0.243 e. The van der Waals surface area contributed by atoms with E-state index in [1.54, 1.807) is 34.6 Å². The maximum atomic E-state index is 12.7. The lowest BCUT2D eigenvalue weighted by Gasteiger charge is -2.31. The molecule has 2 heterocycles. The number of rotatable bonds is 7. The Morgan fingerprint density at radius 1 is 1.31 bits per heavy atom. The third-order valence-corrected chi connectivity index (χ3v) is 7.37. The summed E-state index contributed by atoms with van der Waals surface area (Å²) < 4.78 is 29.4. The van der Waals surface area contributed by atoms with Gasteiger partial charge in [-0.1, -0.05) is 35.6 Å². The van der Waals surface area contributed by atoms with Crippen molar-refractivity contribution in [3.8, 4) is 0 Å². The van der Waals surface area contributed by atoms with E-state index in [0.29, 0.717) is 35.2 Å². The molecule has 2 aromatic rings. The Balaban J connectivity index is 1.60. The average molecular weight is 413 g/mol. The molecule has 0 radical (unpaired) electrons. The molecule has 140 valence electrons. The number of piperazine rings is 1. The quantitative estimate of drug-likeness (QED) is 0.520. The van der Waals surface area contributed by atoms with E-state index in [-0.39, 0.29) is 0 Å². The first kappa shape index (κ1) is 19.2. The summed E-state index contributed by atoms with van der Waals surface area (Å²) in [6.45, 7) is 7.39. The molecule has 3 rings (SSSR count). The number of nitrogens with zero attached hydrogens (tertiary/aromatic N) is 3. The predicted molar refractivity (Wildman–Crippen MR) is 106 cm³/mol. The minimum atomic E-state index is -3.41. The van der Waals surface area contributed by atoms with Crippen LogP contribution in [0.15, 0.2) is 47.9 Å². The number of hydrogen-bond acceptors (Lipinski definition) is 6. The Labute approximate surface area is 162 Å². The topological polar surface area (TPSA) is 71.7 Å². The van der Waals surface area contributed by atoms with Gasteiger partial charge in [-0.05, 0) is 24.4 Å². The van der Waals surface area contributed by atoms with Crippen LogP contribution in [0, 0.1) is 3.95 Å². The van der Waals surface area contributed by atoms with Gasteiger partial charge >= 0.3 is 0 Å². The predicted octanol–water partition coefficient (Wildman–Crippen LogP) is 0.819. The standard InChI is InChI=1S/C16H21N5O2S3/c1-2-8-17-15-18-21(16(24)25-15)13-19-9-11-20(12-10-19)26(22,23)14-6-4-3-5-7-14/h2-7H,1,8-13H2,(H,17,18)/p+1. The van der Waals surface area contributed by atoms with Crippen molar-refractivity contribution >= 4 is 38.7 Å². The van der Waals surface area contributed by atoms with Crippen LogP contribution in [-0.4, -0.2) is 55.2 Å². The monoisotopic (exact) mass is 412 g/mol. The van der Waals surface area contributed by atoms with Crippen LogP contribution in [0.3, 0.4) is 0 Å². The molecule has 1 aromatic heterocycles. The fourth-order valence-electron chi connectivity index (χ4n) is 2.79. The summed E-state index contributed by atoms with van der Waals surface area (Å²) in [5, 5.41) is 8.40. The van der Waals surface area contributed by atoms with Crippen LogP contribution >= 0.6 is 23.6 Å². The molecular weight excluding hydrogens is 390 g/mol. The van der Waals surface area contributed by atoms with Crippen molar-refractivity contribution in [1.29, 1.82) is 0 Å². The van der Waals surface area contributed by atoms with Gasteiger partial charge in [0.25, 0.3) is 0 Å². The van der Waals surface area contributed by atoms with Gasteiger partial charge in [-0.3, -0.25) is 0 Å². The smallest absolute Gasteiger partial charge is 0.243 e. The summed E-state index contributed by atoms with van der Waals surface area (Å²) in [6.07, 6.45) is 1.77. The molecule has 0 unspecified atom stereocenters. The fourth-order valence-corrected chi connectivity index (χ4v) is 5.27. The first-order chi connectivity index (χ1) is 12.5. The minimum absolute atomic E-state index is 0.350. The second-order valence-electron chi connectivity index (χ2n) is 5.97. The highest BCUT2D eigenvalue weighted by molar-refractivity contribution is 7.89. The van der Waals surface area contributed by atoms with E-state index in [0.717, 1.165) is 18.2 Å².